The monoisotopic (exact) mass is 779 g/mol. The molecule has 0 aliphatic heterocycles. The molecule has 0 aliphatic rings. The van der Waals surface area contributed by atoms with E-state index in [-0.39, 0.29) is 0 Å². The molecule has 0 aliphatic carbocycles. The molecular weight excluding hydrogens is 751 g/mol. The fourth-order valence-electron chi connectivity index (χ4n) is 9.72. The minimum atomic E-state index is 0.492. The number of nitrogens with zero attached hydrogens (tertiary/aromatic N) is 3. The van der Waals surface area contributed by atoms with Crippen LogP contribution < -0.4 is 0 Å². The van der Waals surface area contributed by atoms with E-state index in [1.165, 1.54) is 0 Å². The van der Waals surface area contributed by atoms with Gasteiger partial charge in [0.2, 0.25) is 0 Å². The van der Waals surface area contributed by atoms with Crippen molar-refractivity contribution in [1.29, 1.82) is 0 Å². The average Bonchev–Trinajstić information content (AvgIpc) is 4.03. The first kappa shape index (κ1) is 32.6. The summed E-state index contributed by atoms with van der Waals surface area (Å²) in [6.07, 6.45) is 0. The first-order chi connectivity index (χ1) is 30.2. The van der Waals surface area contributed by atoms with Gasteiger partial charge < -0.3 is 13.3 Å². The molecule has 4 aromatic heterocycles. The highest BCUT2D eigenvalue weighted by Crippen LogP contribution is 2.46. The van der Waals surface area contributed by atoms with Crippen LogP contribution in [0.5, 0.6) is 0 Å². The van der Waals surface area contributed by atoms with Crippen LogP contribution in [0.1, 0.15) is 0 Å². The van der Waals surface area contributed by atoms with Crippen LogP contribution >= 0.6 is 0 Å². The Morgan fingerprint density at radius 1 is 0.279 bits per heavy atom. The summed E-state index contributed by atoms with van der Waals surface area (Å²) in [5, 5.41) is 15.2. The maximum atomic E-state index is 6.91. The molecule has 6 nitrogen and oxygen atoms in total. The molecule has 0 amide bonds. The van der Waals surface area contributed by atoms with Gasteiger partial charge in [-0.3, -0.25) is 0 Å². The summed E-state index contributed by atoms with van der Waals surface area (Å²) < 4.78 is 20.2. The second-order valence-electron chi connectivity index (χ2n) is 15.8. The molecule has 0 atom stereocenters. The summed E-state index contributed by atoms with van der Waals surface area (Å²) in [5.41, 5.74) is 7.00. The Bertz CT molecular complexity index is 3980. The molecule has 10 aromatic carbocycles. The van der Waals surface area contributed by atoms with Crippen LogP contribution in [0, 0.1) is 0 Å². The Labute approximate surface area is 345 Å². The maximum absolute atomic E-state index is 6.91. The molecule has 61 heavy (non-hydrogen) atoms. The van der Waals surface area contributed by atoms with E-state index in [2.05, 4.69) is 152 Å². The molecule has 14 aromatic rings. The smallest absolute Gasteiger partial charge is 0.167 e. The SMILES string of the molecule is c1ccc2c(c1)ccc1oc3c(-c4nc(-c5ccc6c(c5)oc5ccccc56)nc(-c5cc6ccccc6c6c5oc5ccc7ccccc7c56)n4)cc4ccccc4c3c12. The third kappa shape index (κ3) is 4.64. The van der Waals surface area contributed by atoms with Gasteiger partial charge in [-0.15, -0.1) is 0 Å². The van der Waals surface area contributed by atoms with Crippen molar-refractivity contribution in [3.8, 4) is 34.2 Å². The Morgan fingerprint density at radius 3 is 1.28 bits per heavy atom. The van der Waals surface area contributed by atoms with Crippen molar-refractivity contribution in [2.45, 2.75) is 0 Å². The van der Waals surface area contributed by atoms with E-state index in [1.54, 1.807) is 0 Å². The molecule has 4 heterocycles. The van der Waals surface area contributed by atoms with Gasteiger partial charge in [0.15, 0.2) is 17.5 Å². The van der Waals surface area contributed by atoms with Gasteiger partial charge in [-0.05, 0) is 85.6 Å². The fourth-order valence-corrected chi connectivity index (χ4v) is 9.72. The maximum Gasteiger partial charge on any atom is 0.167 e. The number of hydrogen-bond donors (Lipinski definition) is 0. The van der Waals surface area contributed by atoms with Crippen LogP contribution in [0.25, 0.3) is 143 Å². The zero-order valence-electron chi connectivity index (χ0n) is 32.3. The topological polar surface area (TPSA) is 78.1 Å². The minimum absolute atomic E-state index is 0.492. The van der Waals surface area contributed by atoms with E-state index in [1.807, 2.05) is 24.3 Å². The standard InChI is InChI=1S/C55H29N3O3/c1-5-15-35-30(11-1)22-25-44-47(35)49-37-17-7-3-13-32(37)27-41(51(49)60-44)54-56-53(34-21-24-40-39-19-9-10-20-43(39)59-46(40)29-34)57-55(58-54)42-28-33-14-4-8-18-38(33)50-48-36-16-6-2-12-31(36)23-26-45(48)61-52(42)50/h1-29H. The summed E-state index contributed by atoms with van der Waals surface area (Å²) in [6.45, 7) is 0. The molecule has 6 heteroatoms. The van der Waals surface area contributed by atoms with Crippen molar-refractivity contribution in [1.82, 2.24) is 15.0 Å². The lowest BCUT2D eigenvalue weighted by molar-refractivity contribution is 0.668. The lowest BCUT2D eigenvalue weighted by Gasteiger charge is -2.11. The van der Waals surface area contributed by atoms with Crippen molar-refractivity contribution >= 4 is 109 Å². The number of para-hydroxylation sites is 1. The zero-order valence-corrected chi connectivity index (χ0v) is 32.3. The molecule has 0 spiro atoms. The average molecular weight is 780 g/mol. The number of rotatable bonds is 3. The Morgan fingerprint density at radius 2 is 0.721 bits per heavy atom. The van der Waals surface area contributed by atoms with Gasteiger partial charge in [0.05, 0.1) is 11.1 Å². The number of benzene rings is 10. The van der Waals surface area contributed by atoms with Gasteiger partial charge in [0.25, 0.3) is 0 Å². The van der Waals surface area contributed by atoms with E-state index in [9.17, 15) is 0 Å². The normalized spacial score (nSPS) is 12.3. The Hall–Kier alpha value is -8.35. The summed E-state index contributed by atoms with van der Waals surface area (Å²) in [6, 6.07) is 60.9. The molecule has 0 radical (unpaired) electrons. The summed E-state index contributed by atoms with van der Waals surface area (Å²) in [4.78, 5) is 16.1. The van der Waals surface area contributed by atoms with Gasteiger partial charge in [0, 0.05) is 37.9 Å². The van der Waals surface area contributed by atoms with Gasteiger partial charge in [-0.1, -0.05) is 133 Å². The van der Waals surface area contributed by atoms with E-state index in [0.717, 1.165) is 126 Å². The van der Waals surface area contributed by atoms with E-state index in [4.69, 9.17) is 28.2 Å². The second kappa shape index (κ2) is 12.1. The van der Waals surface area contributed by atoms with Crippen molar-refractivity contribution in [2.24, 2.45) is 0 Å². The summed E-state index contributed by atoms with van der Waals surface area (Å²) in [7, 11) is 0. The van der Waals surface area contributed by atoms with Crippen LogP contribution in [-0.4, -0.2) is 15.0 Å². The van der Waals surface area contributed by atoms with E-state index >= 15 is 0 Å². The second-order valence-corrected chi connectivity index (χ2v) is 15.8. The van der Waals surface area contributed by atoms with Crippen LogP contribution in [0.4, 0.5) is 0 Å². The van der Waals surface area contributed by atoms with Crippen LogP contribution in [-0.2, 0) is 0 Å². The first-order valence-corrected chi connectivity index (χ1v) is 20.4. The lowest BCUT2D eigenvalue weighted by atomic mass is 9.96. The van der Waals surface area contributed by atoms with E-state index in [0.29, 0.717) is 17.5 Å². The highest BCUT2D eigenvalue weighted by Gasteiger charge is 2.25. The van der Waals surface area contributed by atoms with Crippen molar-refractivity contribution in [3.63, 3.8) is 0 Å². The number of aromatic nitrogens is 3. The predicted octanol–water partition coefficient (Wildman–Crippen LogP) is 15.2. The van der Waals surface area contributed by atoms with Crippen molar-refractivity contribution in [3.05, 3.63) is 176 Å². The quantitative estimate of drug-likeness (QED) is 0.178. The van der Waals surface area contributed by atoms with Crippen LogP contribution in [0.3, 0.4) is 0 Å². The van der Waals surface area contributed by atoms with Gasteiger partial charge in [0.1, 0.15) is 33.5 Å². The first-order valence-electron chi connectivity index (χ1n) is 20.4. The zero-order chi connectivity index (χ0) is 39.8. The fraction of sp³-hybridized carbons (Fsp3) is 0. The summed E-state index contributed by atoms with van der Waals surface area (Å²) >= 11 is 0. The lowest BCUT2D eigenvalue weighted by Crippen LogP contribution is -2.01. The highest BCUT2D eigenvalue weighted by molar-refractivity contribution is 6.30. The molecule has 282 valence electrons. The third-order valence-electron chi connectivity index (χ3n) is 12.5. The molecule has 0 bridgehead atoms. The largest absolute Gasteiger partial charge is 0.456 e. The third-order valence-corrected chi connectivity index (χ3v) is 12.5. The van der Waals surface area contributed by atoms with Gasteiger partial charge in [-0.2, -0.15) is 0 Å². The molecule has 14 rings (SSSR count). The highest BCUT2D eigenvalue weighted by atomic mass is 16.3. The van der Waals surface area contributed by atoms with Crippen LogP contribution in [0.15, 0.2) is 189 Å². The van der Waals surface area contributed by atoms with Crippen molar-refractivity contribution < 1.29 is 13.3 Å². The van der Waals surface area contributed by atoms with Gasteiger partial charge in [-0.25, -0.2) is 15.0 Å². The molecular formula is C55H29N3O3. The van der Waals surface area contributed by atoms with E-state index < -0.39 is 0 Å². The van der Waals surface area contributed by atoms with Crippen molar-refractivity contribution in [2.75, 3.05) is 0 Å². The number of fused-ring (bicyclic) bond motifs is 17. The molecule has 0 N–H and O–H groups in total. The molecule has 0 unspecified atom stereocenters. The Balaban J connectivity index is 1.11. The summed E-state index contributed by atoms with van der Waals surface area (Å²) in [5.74, 6) is 1.49. The number of furan rings is 3. The Kier molecular flexibility index (Phi) is 6.46. The van der Waals surface area contributed by atoms with Crippen LogP contribution in [0.2, 0.25) is 0 Å². The minimum Gasteiger partial charge on any atom is -0.456 e. The molecule has 0 saturated carbocycles. The molecule has 0 saturated heterocycles. The predicted molar refractivity (Wildman–Crippen MR) is 248 cm³/mol. The van der Waals surface area contributed by atoms with Gasteiger partial charge >= 0.3 is 0 Å². The molecule has 0 fully saturated rings. The number of hydrogen-bond acceptors (Lipinski definition) is 6.